The molecule has 14 heavy (non-hydrogen) atoms. The Kier molecular flexibility index (Phi) is 1.98. The van der Waals surface area contributed by atoms with Crippen molar-refractivity contribution in [1.82, 2.24) is 0 Å². The zero-order valence-electron chi connectivity index (χ0n) is 9.76. The van der Waals surface area contributed by atoms with Gasteiger partial charge in [-0.2, -0.15) is 0 Å². The Labute approximate surface area is 88.5 Å². The molecule has 5 atom stereocenters. The highest BCUT2D eigenvalue weighted by atomic mass is 14.6. The summed E-state index contributed by atoms with van der Waals surface area (Å²) in [6, 6.07) is 0. The van der Waals surface area contributed by atoms with Crippen LogP contribution in [0.25, 0.3) is 0 Å². The maximum Gasteiger partial charge on any atom is -0.0292 e. The first kappa shape index (κ1) is 9.24. The number of hydrogen-bond acceptors (Lipinski definition) is 0. The van der Waals surface area contributed by atoms with Crippen LogP contribution in [0, 0.1) is 29.1 Å². The molecule has 0 radical (unpaired) electrons. The van der Waals surface area contributed by atoms with Crippen molar-refractivity contribution in [2.75, 3.05) is 0 Å². The average Bonchev–Trinajstić information content (AvgIpc) is 2.76. The fourth-order valence-corrected chi connectivity index (χ4v) is 5.04. The van der Waals surface area contributed by atoms with Crippen molar-refractivity contribution in [2.45, 2.75) is 58.8 Å². The van der Waals surface area contributed by atoms with E-state index in [1.807, 2.05) is 0 Å². The molecule has 3 aliphatic carbocycles. The van der Waals surface area contributed by atoms with Gasteiger partial charge in [0.05, 0.1) is 0 Å². The fraction of sp³-hybridized carbons (Fsp3) is 1.00. The Morgan fingerprint density at radius 2 is 2.00 bits per heavy atom. The van der Waals surface area contributed by atoms with Gasteiger partial charge >= 0.3 is 0 Å². The Morgan fingerprint density at radius 3 is 2.50 bits per heavy atom. The Balaban J connectivity index is 1.79. The maximum absolute atomic E-state index is 2.59. The highest BCUT2D eigenvalue weighted by Gasteiger charge is 2.52. The molecule has 0 nitrogen and oxygen atoms in total. The summed E-state index contributed by atoms with van der Waals surface area (Å²) in [4.78, 5) is 0. The van der Waals surface area contributed by atoms with Crippen LogP contribution in [0.1, 0.15) is 58.8 Å². The van der Waals surface area contributed by atoms with Crippen molar-refractivity contribution in [1.29, 1.82) is 0 Å². The van der Waals surface area contributed by atoms with Crippen molar-refractivity contribution in [2.24, 2.45) is 29.1 Å². The van der Waals surface area contributed by atoms with E-state index in [-0.39, 0.29) is 0 Å². The molecule has 0 spiro atoms. The van der Waals surface area contributed by atoms with Gasteiger partial charge < -0.3 is 0 Å². The van der Waals surface area contributed by atoms with E-state index in [0.29, 0.717) is 0 Å². The first-order chi connectivity index (χ1) is 6.69. The minimum absolute atomic E-state index is 0.772. The van der Waals surface area contributed by atoms with Gasteiger partial charge in [0.25, 0.3) is 0 Å². The van der Waals surface area contributed by atoms with Gasteiger partial charge in [-0.25, -0.2) is 0 Å². The second kappa shape index (κ2) is 3.00. The SMILES string of the molecule is CC1CCCC1C1CC2CCC1(C)C2. The second-order valence-corrected chi connectivity index (χ2v) is 6.68. The summed E-state index contributed by atoms with van der Waals surface area (Å²) < 4.78 is 0. The maximum atomic E-state index is 2.59. The predicted octanol–water partition coefficient (Wildman–Crippen LogP) is 4.25. The third kappa shape index (κ3) is 1.19. The van der Waals surface area contributed by atoms with Crippen LogP contribution in [0.3, 0.4) is 0 Å². The van der Waals surface area contributed by atoms with Crippen molar-refractivity contribution < 1.29 is 0 Å². The summed E-state index contributed by atoms with van der Waals surface area (Å²) in [5, 5.41) is 0. The van der Waals surface area contributed by atoms with E-state index in [0.717, 1.165) is 29.1 Å². The van der Waals surface area contributed by atoms with Crippen molar-refractivity contribution in [3.8, 4) is 0 Å². The van der Waals surface area contributed by atoms with Crippen molar-refractivity contribution >= 4 is 0 Å². The molecule has 0 saturated heterocycles. The van der Waals surface area contributed by atoms with Crippen LogP contribution in [-0.4, -0.2) is 0 Å². The number of rotatable bonds is 1. The molecule has 0 N–H and O–H groups in total. The van der Waals surface area contributed by atoms with Gasteiger partial charge in [0.15, 0.2) is 0 Å². The minimum Gasteiger partial charge on any atom is -0.0622 e. The molecule has 0 amide bonds. The van der Waals surface area contributed by atoms with E-state index in [4.69, 9.17) is 0 Å². The van der Waals surface area contributed by atoms with Crippen LogP contribution in [0.2, 0.25) is 0 Å². The topological polar surface area (TPSA) is 0 Å². The highest BCUT2D eigenvalue weighted by Crippen LogP contribution is 2.62. The molecule has 0 aromatic heterocycles. The lowest BCUT2D eigenvalue weighted by Gasteiger charge is -2.38. The molecule has 80 valence electrons. The summed E-state index contributed by atoms with van der Waals surface area (Å²) in [5.41, 5.74) is 0.772. The summed E-state index contributed by atoms with van der Waals surface area (Å²) in [7, 11) is 0. The number of hydrogen-bond donors (Lipinski definition) is 0. The van der Waals surface area contributed by atoms with Crippen LogP contribution < -0.4 is 0 Å². The lowest BCUT2D eigenvalue weighted by Crippen LogP contribution is -2.30. The largest absolute Gasteiger partial charge is 0.0622 e. The third-order valence-electron chi connectivity index (χ3n) is 5.81. The first-order valence-electron chi connectivity index (χ1n) is 6.69. The van der Waals surface area contributed by atoms with Crippen LogP contribution >= 0.6 is 0 Å². The molecule has 0 heteroatoms. The van der Waals surface area contributed by atoms with Gasteiger partial charge in [-0.05, 0) is 61.2 Å². The molecule has 3 fully saturated rings. The van der Waals surface area contributed by atoms with Crippen molar-refractivity contribution in [3.63, 3.8) is 0 Å². The van der Waals surface area contributed by atoms with E-state index in [9.17, 15) is 0 Å². The molecule has 0 aliphatic heterocycles. The van der Waals surface area contributed by atoms with Crippen LogP contribution in [0.15, 0.2) is 0 Å². The average molecular weight is 192 g/mol. The summed E-state index contributed by atoms with van der Waals surface area (Å²) in [5.74, 6) is 4.37. The third-order valence-corrected chi connectivity index (χ3v) is 5.81. The molecular weight excluding hydrogens is 168 g/mol. The molecule has 5 unspecified atom stereocenters. The molecular formula is C14H24. The molecule has 0 aromatic rings. The summed E-state index contributed by atoms with van der Waals surface area (Å²) >= 11 is 0. The Bertz CT molecular complexity index is 232. The predicted molar refractivity (Wildman–Crippen MR) is 60.1 cm³/mol. The number of fused-ring (bicyclic) bond motifs is 2. The van der Waals surface area contributed by atoms with Gasteiger partial charge in [-0.1, -0.05) is 26.7 Å². The summed E-state index contributed by atoms with van der Waals surface area (Å²) in [6.45, 7) is 5.10. The summed E-state index contributed by atoms with van der Waals surface area (Å²) in [6.07, 6.45) is 10.8. The first-order valence-corrected chi connectivity index (χ1v) is 6.69. The standard InChI is InChI=1S/C14H24/c1-10-4-3-5-12(10)13-8-11-6-7-14(13,2)9-11/h10-13H,3-9H2,1-2H3. The quantitative estimate of drug-likeness (QED) is 0.582. The smallest absolute Gasteiger partial charge is 0.0292 e. The lowest BCUT2D eigenvalue weighted by atomic mass is 9.67. The van der Waals surface area contributed by atoms with E-state index in [1.165, 1.54) is 12.8 Å². The zero-order chi connectivity index (χ0) is 9.76. The van der Waals surface area contributed by atoms with Crippen LogP contribution in [0.4, 0.5) is 0 Å². The lowest BCUT2D eigenvalue weighted by molar-refractivity contribution is 0.116. The van der Waals surface area contributed by atoms with Gasteiger partial charge in [-0.3, -0.25) is 0 Å². The molecule has 0 heterocycles. The van der Waals surface area contributed by atoms with Gasteiger partial charge in [-0.15, -0.1) is 0 Å². The van der Waals surface area contributed by atoms with Crippen LogP contribution in [0.5, 0.6) is 0 Å². The molecule has 3 aliphatic rings. The molecule has 3 rings (SSSR count). The molecule has 0 aromatic carbocycles. The normalized spacial score (nSPS) is 57.0. The molecule has 2 bridgehead atoms. The zero-order valence-corrected chi connectivity index (χ0v) is 9.76. The Morgan fingerprint density at radius 1 is 1.14 bits per heavy atom. The fourth-order valence-electron chi connectivity index (χ4n) is 5.04. The van der Waals surface area contributed by atoms with Gasteiger partial charge in [0.1, 0.15) is 0 Å². The van der Waals surface area contributed by atoms with Crippen molar-refractivity contribution in [3.05, 3.63) is 0 Å². The van der Waals surface area contributed by atoms with Gasteiger partial charge in [0, 0.05) is 0 Å². The Hall–Kier alpha value is 0. The van der Waals surface area contributed by atoms with Gasteiger partial charge in [0.2, 0.25) is 0 Å². The highest BCUT2D eigenvalue weighted by molar-refractivity contribution is 5.02. The second-order valence-electron chi connectivity index (χ2n) is 6.68. The van der Waals surface area contributed by atoms with E-state index < -0.39 is 0 Å². The van der Waals surface area contributed by atoms with E-state index >= 15 is 0 Å². The van der Waals surface area contributed by atoms with Crippen LogP contribution in [-0.2, 0) is 0 Å². The monoisotopic (exact) mass is 192 g/mol. The minimum atomic E-state index is 0.772. The van der Waals surface area contributed by atoms with E-state index in [2.05, 4.69) is 13.8 Å². The molecule has 3 saturated carbocycles. The van der Waals surface area contributed by atoms with E-state index in [1.54, 1.807) is 32.1 Å².